The normalized spacial score (nSPS) is 12.3. The molecule has 0 aromatic heterocycles. The fraction of sp³-hybridized carbons (Fsp3) is 0.533. The van der Waals surface area contributed by atoms with Crippen molar-refractivity contribution in [3.8, 4) is 0 Å². The van der Waals surface area contributed by atoms with Crippen LogP contribution in [0.15, 0.2) is 17.1 Å². The van der Waals surface area contributed by atoms with Gasteiger partial charge >= 0.3 is 0 Å². The standard InChI is InChI=1S/C15H24N2/c1-6-15(5,7-2)10-17-14-9-13(16)11(3)8-12(14)4/h8-10H,6-7,16H2,1-5H3. The molecule has 0 aliphatic rings. The molecule has 0 saturated carbocycles. The molecule has 0 radical (unpaired) electrons. The summed E-state index contributed by atoms with van der Waals surface area (Å²) < 4.78 is 0. The highest BCUT2D eigenvalue weighted by Gasteiger charge is 2.16. The van der Waals surface area contributed by atoms with E-state index in [1.165, 1.54) is 5.56 Å². The summed E-state index contributed by atoms with van der Waals surface area (Å²) in [7, 11) is 0. The Morgan fingerprint density at radius 2 is 1.76 bits per heavy atom. The quantitative estimate of drug-likeness (QED) is 0.606. The molecule has 0 bridgehead atoms. The fourth-order valence-corrected chi connectivity index (χ4v) is 1.65. The van der Waals surface area contributed by atoms with E-state index < -0.39 is 0 Å². The van der Waals surface area contributed by atoms with Crippen molar-refractivity contribution in [2.45, 2.75) is 47.5 Å². The topological polar surface area (TPSA) is 38.4 Å². The lowest BCUT2D eigenvalue weighted by molar-refractivity contribution is 0.444. The second-order valence-electron chi connectivity index (χ2n) is 5.11. The van der Waals surface area contributed by atoms with Gasteiger partial charge in [-0.15, -0.1) is 0 Å². The molecule has 1 rings (SSSR count). The van der Waals surface area contributed by atoms with Gasteiger partial charge in [0.2, 0.25) is 0 Å². The van der Waals surface area contributed by atoms with E-state index in [0.717, 1.165) is 29.8 Å². The number of anilines is 1. The number of hydrogen-bond acceptors (Lipinski definition) is 2. The van der Waals surface area contributed by atoms with Crippen molar-refractivity contribution in [3.63, 3.8) is 0 Å². The lowest BCUT2D eigenvalue weighted by Crippen LogP contribution is -2.15. The van der Waals surface area contributed by atoms with Gasteiger partial charge in [-0.25, -0.2) is 0 Å². The van der Waals surface area contributed by atoms with Crippen molar-refractivity contribution in [2.75, 3.05) is 5.73 Å². The first kappa shape index (κ1) is 13.8. The van der Waals surface area contributed by atoms with Gasteiger partial charge in [-0.3, -0.25) is 4.99 Å². The smallest absolute Gasteiger partial charge is 0.0675 e. The minimum atomic E-state index is 0.187. The number of benzene rings is 1. The first-order valence-corrected chi connectivity index (χ1v) is 6.34. The number of nitrogens with two attached hydrogens (primary N) is 1. The zero-order valence-electron chi connectivity index (χ0n) is 11.7. The van der Waals surface area contributed by atoms with Crippen molar-refractivity contribution in [1.29, 1.82) is 0 Å². The van der Waals surface area contributed by atoms with Crippen LogP contribution in [-0.4, -0.2) is 6.21 Å². The van der Waals surface area contributed by atoms with Gasteiger partial charge in [0, 0.05) is 17.3 Å². The highest BCUT2D eigenvalue weighted by Crippen LogP contribution is 2.28. The highest BCUT2D eigenvalue weighted by molar-refractivity contribution is 5.72. The number of rotatable bonds is 4. The molecule has 0 unspecified atom stereocenters. The molecular weight excluding hydrogens is 208 g/mol. The van der Waals surface area contributed by atoms with Gasteiger partial charge in [0.1, 0.15) is 0 Å². The van der Waals surface area contributed by atoms with Crippen LogP contribution < -0.4 is 5.73 Å². The Hall–Kier alpha value is -1.31. The molecule has 1 aromatic rings. The van der Waals surface area contributed by atoms with Gasteiger partial charge in [-0.2, -0.15) is 0 Å². The third-order valence-electron chi connectivity index (χ3n) is 3.72. The van der Waals surface area contributed by atoms with Crippen LogP contribution in [0.3, 0.4) is 0 Å². The molecule has 0 fully saturated rings. The largest absolute Gasteiger partial charge is 0.398 e. The Morgan fingerprint density at radius 1 is 1.18 bits per heavy atom. The molecule has 2 N–H and O–H groups in total. The Bertz CT molecular complexity index is 415. The van der Waals surface area contributed by atoms with E-state index >= 15 is 0 Å². The van der Waals surface area contributed by atoms with Gasteiger partial charge in [0.05, 0.1) is 5.69 Å². The number of aryl methyl sites for hydroxylation is 2. The number of nitrogens with zero attached hydrogens (tertiary/aromatic N) is 1. The zero-order valence-corrected chi connectivity index (χ0v) is 11.7. The van der Waals surface area contributed by atoms with Crippen molar-refractivity contribution in [3.05, 3.63) is 23.3 Å². The van der Waals surface area contributed by atoms with Crippen molar-refractivity contribution in [1.82, 2.24) is 0 Å². The van der Waals surface area contributed by atoms with Crippen molar-refractivity contribution < 1.29 is 0 Å². The summed E-state index contributed by atoms with van der Waals surface area (Å²) in [4.78, 5) is 4.62. The van der Waals surface area contributed by atoms with Gasteiger partial charge in [0.25, 0.3) is 0 Å². The summed E-state index contributed by atoms with van der Waals surface area (Å²) in [5, 5.41) is 0. The second-order valence-corrected chi connectivity index (χ2v) is 5.11. The van der Waals surface area contributed by atoms with Crippen LogP contribution in [0.25, 0.3) is 0 Å². The monoisotopic (exact) mass is 232 g/mol. The summed E-state index contributed by atoms with van der Waals surface area (Å²) in [6.45, 7) is 10.7. The van der Waals surface area contributed by atoms with Gasteiger partial charge in [-0.05, 0) is 43.9 Å². The maximum atomic E-state index is 5.92. The van der Waals surface area contributed by atoms with E-state index in [4.69, 9.17) is 5.73 Å². The van der Waals surface area contributed by atoms with Crippen LogP contribution in [0.1, 0.15) is 44.7 Å². The second kappa shape index (κ2) is 5.35. The highest BCUT2D eigenvalue weighted by atomic mass is 14.7. The van der Waals surface area contributed by atoms with Gasteiger partial charge in [0.15, 0.2) is 0 Å². The van der Waals surface area contributed by atoms with Crippen molar-refractivity contribution in [2.24, 2.45) is 10.4 Å². The van der Waals surface area contributed by atoms with Crippen LogP contribution in [0.5, 0.6) is 0 Å². The molecule has 17 heavy (non-hydrogen) atoms. The lowest BCUT2D eigenvalue weighted by Gasteiger charge is -2.20. The van der Waals surface area contributed by atoms with E-state index in [2.05, 4.69) is 45.0 Å². The van der Waals surface area contributed by atoms with E-state index in [9.17, 15) is 0 Å². The van der Waals surface area contributed by atoms with Crippen LogP contribution in [0.4, 0.5) is 11.4 Å². The Labute approximate surface area is 105 Å². The molecule has 0 heterocycles. The Kier molecular flexibility index (Phi) is 4.33. The average Bonchev–Trinajstić information content (AvgIpc) is 2.32. The van der Waals surface area contributed by atoms with E-state index in [0.29, 0.717) is 0 Å². The average molecular weight is 232 g/mol. The number of hydrogen-bond donors (Lipinski definition) is 1. The third-order valence-corrected chi connectivity index (χ3v) is 3.72. The summed E-state index contributed by atoms with van der Waals surface area (Å²) >= 11 is 0. The molecule has 0 atom stereocenters. The Morgan fingerprint density at radius 3 is 2.29 bits per heavy atom. The summed E-state index contributed by atoms with van der Waals surface area (Å²) in [5.74, 6) is 0. The molecule has 0 aliphatic carbocycles. The predicted molar refractivity (Wildman–Crippen MR) is 77.2 cm³/mol. The summed E-state index contributed by atoms with van der Waals surface area (Å²) in [6.07, 6.45) is 4.28. The van der Waals surface area contributed by atoms with Crippen LogP contribution in [0.2, 0.25) is 0 Å². The molecule has 0 aliphatic heterocycles. The molecule has 0 spiro atoms. The van der Waals surface area contributed by atoms with Crippen LogP contribution >= 0.6 is 0 Å². The molecule has 0 amide bonds. The SMILES string of the molecule is CCC(C)(C=Nc1cc(N)c(C)cc1C)CC. The molecule has 0 saturated heterocycles. The van der Waals surface area contributed by atoms with E-state index in [1.54, 1.807) is 0 Å². The minimum absolute atomic E-state index is 0.187. The maximum Gasteiger partial charge on any atom is 0.0675 e. The van der Waals surface area contributed by atoms with Gasteiger partial charge < -0.3 is 5.73 Å². The molecule has 2 heteroatoms. The maximum absolute atomic E-state index is 5.92. The first-order valence-electron chi connectivity index (χ1n) is 6.34. The number of nitrogen functional groups attached to an aromatic ring is 1. The molecule has 94 valence electrons. The van der Waals surface area contributed by atoms with Crippen molar-refractivity contribution >= 4 is 17.6 Å². The van der Waals surface area contributed by atoms with Crippen LogP contribution in [0, 0.1) is 19.3 Å². The third kappa shape index (κ3) is 3.32. The van der Waals surface area contributed by atoms with E-state index in [-0.39, 0.29) is 5.41 Å². The molecule has 1 aromatic carbocycles. The zero-order chi connectivity index (χ0) is 13.1. The summed E-state index contributed by atoms with van der Waals surface area (Å²) in [5.41, 5.74) is 10.2. The first-order chi connectivity index (χ1) is 7.91. The summed E-state index contributed by atoms with van der Waals surface area (Å²) in [6, 6.07) is 4.06. The number of aliphatic imine (C=N–C) groups is 1. The van der Waals surface area contributed by atoms with Gasteiger partial charge in [-0.1, -0.05) is 26.8 Å². The molecule has 2 nitrogen and oxygen atoms in total. The lowest BCUT2D eigenvalue weighted by atomic mass is 9.86. The minimum Gasteiger partial charge on any atom is -0.398 e. The molecular formula is C15H24N2. The van der Waals surface area contributed by atoms with Crippen LogP contribution in [-0.2, 0) is 0 Å². The fourth-order valence-electron chi connectivity index (χ4n) is 1.65. The predicted octanol–water partition coefficient (Wildman–Crippen LogP) is 4.41. The van der Waals surface area contributed by atoms with E-state index in [1.807, 2.05) is 13.0 Å². The Balaban J connectivity index is 3.03.